The SMILES string of the molecule is COc1ccnc(CNCC(C2CC2)C2CC2)c1OC. The molecule has 4 heteroatoms. The van der Waals surface area contributed by atoms with Crippen molar-refractivity contribution in [3.8, 4) is 11.5 Å². The van der Waals surface area contributed by atoms with Crippen LogP contribution in [0.3, 0.4) is 0 Å². The zero-order valence-corrected chi connectivity index (χ0v) is 12.4. The summed E-state index contributed by atoms with van der Waals surface area (Å²) in [6.07, 6.45) is 7.51. The third kappa shape index (κ3) is 3.06. The van der Waals surface area contributed by atoms with E-state index in [4.69, 9.17) is 9.47 Å². The van der Waals surface area contributed by atoms with Gasteiger partial charge in [-0.15, -0.1) is 0 Å². The molecule has 2 saturated carbocycles. The maximum atomic E-state index is 5.42. The minimum atomic E-state index is 0.746. The lowest BCUT2D eigenvalue weighted by atomic mass is 9.98. The molecule has 4 nitrogen and oxygen atoms in total. The van der Waals surface area contributed by atoms with Crippen LogP contribution in [0.2, 0.25) is 0 Å². The van der Waals surface area contributed by atoms with Crippen molar-refractivity contribution in [1.82, 2.24) is 10.3 Å². The van der Waals surface area contributed by atoms with Crippen LogP contribution < -0.4 is 14.8 Å². The van der Waals surface area contributed by atoms with Crippen molar-refractivity contribution in [3.05, 3.63) is 18.0 Å². The Kier molecular flexibility index (Phi) is 4.10. The van der Waals surface area contributed by atoms with Gasteiger partial charge in [-0.2, -0.15) is 0 Å². The van der Waals surface area contributed by atoms with Crippen molar-refractivity contribution >= 4 is 0 Å². The normalized spacial score (nSPS) is 18.4. The molecule has 0 aromatic carbocycles. The van der Waals surface area contributed by atoms with Crippen LogP contribution in [0.15, 0.2) is 12.3 Å². The maximum Gasteiger partial charge on any atom is 0.183 e. The molecule has 0 atom stereocenters. The van der Waals surface area contributed by atoms with E-state index in [2.05, 4.69) is 10.3 Å². The van der Waals surface area contributed by atoms with Gasteiger partial charge in [-0.3, -0.25) is 4.98 Å². The van der Waals surface area contributed by atoms with E-state index in [0.29, 0.717) is 0 Å². The summed E-state index contributed by atoms with van der Waals surface area (Å²) in [4.78, 5) is 4.41. The number of methoxy groups -OCH3 is 2. The maximum absolute atomic E-state index is 5.42. The zero-order chi connectivity index (χ0) is 13.9. The standard InChI is InChI=1S/C16H24N2O2/c1-19-15-7-8-18-14(16(15)20-2)10-17-9-13(11-3-4-11)12-5-6-12/h7-8,11-13,17H,3-6,9-10H2,1-2H3. The molecule has 0 saturated heterocycles. The van der Waals surface area contributed by atoms with Crippen molar-refractivity contribution in [2.24, 2.45) is 17.8 Å². The molecule has 0 amide bonds. The fraction of sp³-hybridized carbons (Fsp3) is 0.688. The molecule has 1 aromatic heterocycles. The molecule has 1 aromatic rings. The summed E-state index contributed by atoms with van der Waals surface area (Å²) < 4.78 is 10.7. The van der Waals surface area contributed by atoms with E-state index < -0.39 is 0 Å². The quantitative estimate of drug-likeness (QED) is 0.792. The molecule has 1 heterocycles. The van der Waals surface area contributed by atoms with Gasteiger partial charge in [-0.1, -0.05) is 0 Å². The second-order valence-corrected chi connectivity index (χ2v) is 5.96. The first-order chi connectivity index (χ1) is 9.83. The van der Waals surface area contributed by atoms with E-state index in [9.17, 15) is 0 Å². The molecule has 0 bridgehead atoms. The van der Waals surface area contributed by atoms with Gasteiger partial charge in [-0.05, 0) is 50.0 Å². The summed E-state index contributed by atoms with van der Waals surface area (Å²) in [6.45, 7) is 1.85. The Balaban J connectivity index is 1.57. The average molecular weight is 276 g/mol. The van der Waals surface area contributed by atoms with Gasteiger partial charge in [-0.25, -0.2) is 0 Å². The summed E-state index contributed by atoms with van der Waals surface area (Å²) in [7, 11) is 3.32. The first-order valence-electron chi connectivity index (χ1n) is 7.60. The highest BCUT2D eigenvalue weighted by Gasteiger charge is 2.40. The predicted molar refractivity (Wildman–Crippen MR) is 78.0 cm³/mol. The van der Waals surface area contributed by atoms with E-state index in [-0.39, 0.29) is 0 Å². The lowest BCUT2D eigenvalue weighted by Crippen LogP contribution is -2.25. The Morgan fingerprint density at radius 2 is 1.90 bits per heavy atom. The highest BCUT2D eigenvalue weighted by Crippen LogP contribution is 2.48. The van der Waals surface area contributed by atoms with E-state index in [1.165, 1.54) is 25.7 Å². The summed E-state index contributed by atoms with van der Waals surface area (Å²) >= 11 is 0. The van der Waals surface area contributed by atoms with Crippen LogP contribution in [0.25, 0.3) is 0 Å². The molecule has 3 rings (SSSR count). The van der Waals surface area contributed by atoms with Crippen molar-refractivity contribution in [1.29, 1.82) is 0 Å². The Hall–Kier alpha value is -1.29. The van der Waals surface area contributed by atoms with Gasteiger partial charge >= 0.3 is 0 Å². The first kappa shape index (κ1) is 13.7. The molecule has 110 valence electrons. The summed E-state index contributed by atoms with van der Waals surface area (Å²) in [5.41, 5.74) is 0.928. The molecule has 0 unspecified atom stereocenters. The number of ether oxygens (including phenoxy) is 2. The molecule has 1 N–H and O–H groups in total. The number of rotatable bonds is 8. The number of hydrogen-bond acceptors (Lipinski definition) is 4. The van der Waals surface area contributed by atoms with Gasteiger partial charge < -0.3 is 14.8 Å². The number of pyridine rings is 1. The predicted octanol–water partition coefficient (Wildman–Crippen LogP) is 2.62. The molecular weight excluding hydrogens is 252 g/mol. The highest BCUT2D eigenvalue weighted by atomic mass is 16.5. The molecule has 2 fully saturated rings. The van der Waals surface area contributed by atoms with Crippen LogP contribution in [-0.4, -0.2) is 25.7 Å². The second kappa shape index (κ2) is 6.00. The molecule has 2 aliphatic carbocycles. The van der Waals surface area contributed by atoms with Crippen molar-refractivity contribution in [2.75, 3.05) is 20.8 Å². The molecular formula is C16H24N2O2. The summed E-state index contributed by atoms with van der Waals surface area (Å²) in [5, 5.41) is 3.57. The Morgan fingerprint density at radius 1 is 1.20 bits per heavy atom. The number of nitrogens with one attached hydrogen (secondary N) is 1. The van der Waals surface area contributed by atoms with E-state index in [1.54, 1.807) is 20.4 Å². The third-order valence-electron chi connectivity index (χ3n) is 4.49. The van der Waals surface area contributed by atoms with Gasteiger partial charge in [0, 0.05) is 18.8 Å². The number of hydrogen-bond donors (Lipinski definition) is 1. The second-order valence-electron chi connectivity index (χ2n) is 5.96. The summed E-state index contributed by atoms with van der Waals surface area (Å²) in [5.74, 6) is 4.34. The summed E-state index contributed by atoms with van der Waals surface area (Å²) in [6, 6.07) is 1.83. The topological polar surface area (TPSA) is 43.4 Å². The molecule has 0 aliphatic heterocycles. The molecule has 20 heavy (non-hydrogen) atoms. The molecule has 2 aliphatic rings. The zero-order valence-electron chi connectivity index (χ0n) is 12.4. The lowest BCUT2D eigenvalue weighted by molar-refractivity contribution is 0.344. The van der Waals surface area contributed by atoms with Gasteiger partial charge in [0.15, 0.2) is 11.5 Å². The lowest BCUT2D eigenvalue weighted by Gasteiger charge is -2.17. The Labute approximate surface area is 120 Å². The third-order valence-corrected chi connectivity index (χ3v) is 4.49. The first-order valence-corrected chi connectivity index (χ1v) is 7.60. The van der Waals surface area contributed by atoms with Crippen LogP contribution in [0.4, 0.5) is 0 Å². The van der Waals surface area contributed by atoms with Gasteiger partial charge in [0.05, 0.1) is 19.9 Å². The van der Waals surface area contributed by atoms with Crippen molar-refractivity contribution in [2.45, 2.75) is 32.2 Å². The van der Waals surface area contributed by atoms with Crippen molar-refractivity contribution in [3.63, 3.8) is 0 Å². The Bertz CT molecular complexity index is 444. The van der Waals surface area contributed by atoms with Gasteiger partial charge in [0.2, 0.25) is 0 Å². The van der Waals surface area contributed by atoms with Crippen LogP contribution in [0, 0.1) is 17.8 Å². The highest BCUT2D eigenvalue weighted by molar-refractivity contribution is 5.42. The van der Waals surface area contributed by atoms with Gasteiger partial charge in [0.25, 0.3) is 0 Å². The average Bonchev–Trinajstić information content (AvgIpc) is 3.36. The van der Waals surface area contributed by atoms with E-state index in [0.717, 1.165) is 48.0 Å². The van der Waals surface area contributed by atoms with Crippen LogP contribution in [-0.2, 0) is 6.54 Å². The fourth-order valence-corrected chi connectivity index (χ4v) is 3.10. The molecule has 0 radical (unpaired) electrons. The smallest absolute Gasteiger partial charge is 0.183 e. The van der Waals surface area contributed by atoms with Crippen LogP contribution >= 0.6 is 0 Å². The monoisotopic (exact) mass is 276 g/mol. The largest absolute Gasteiger partial charge is 0.493 e. The van der Waals surface area contributed by atoms with E-state index >= 15 is 0 Å². The minimum Gasteiger partial charge on any atom is -0.493 e. The Morgan fingerprint density at radius 3 is 2.45 bits per heavy atom. The van der Waals surface area contributed by atoms with E-state index in [1.807, 2.05) is 6.07 Å². The van der Waals surface area contributed by atoms with Crippen LogP contribution in [0.1, 0.15) is 31.4 Å². The number of aromatic nitrogens is 1. The molecule has 0 spiro atoms. The minimum absolute atomic E-state index is 0.746. The number of nitrogens with zero attached hydrogens (tertiary/aromatic N) is 1. The van der Waals surface area contributed by atoms with Gasteiger partial charge in [0.1, 0.15) is 0 Å². The van der Waals surface area contributed by atoms with Crippen LogP contribution in [0.5, 0.6) is 11.5 Å². The van der Waals surface area contributed by atoms with Crippen molar-refractivity contribution < 1.29 is 9.47 Å². The fourth-order valence-electron chi connectivity index (χ4n) is 3.10.